The standard InChI is InChI=1S/C24H30N4O2/c1-3-14-27-15-20(23(29)25-18-12-10-17(4-2)11-13-18)22-21(16-27)24(30)28(26-22)19-8-6-5-7-9-19/h5-13,20-22,26H,3-4,14-16H2,1-2H3,(H,25,29). The van der Waals surface area contributed by atoms with Crippen molar-refractivity contribution >= 4 is 23.2 Å². The lowest BCUT2D eigenvalue weighted by Gasteiger charge is -2.38. The van der Waals surface area contributed by atoms with E-state index in [0.29, 0.717) is 13.1 Å². The highest BCUT2D eigenvalue weighted by molar-refractivity contribution is 6.00. The maximum atomic E-state index is 13.3. The quantitative estimate of drug-likeness (QED) is 0.774. The summed E-state index contributed by atoms with van der Waals surface area (Å²) in [5.74, 6) is -0.537. The average Bonchev–Trinajstić information content (AvgIpc) is 3.11. The van der Waals surface area contributed by atoms with E-state index in [2.05, 4.69) is 29.5 Å². The van der Waals surface area contributed by atoms with Gasteiger partial charge in [0.05, 0.1) is 23.6 Å². The van der Waals surface area contributed by atoms with Crippen LogP contribution in [0.5, 0.6) is 0 Å². The number of nitrogens with zero attached hydrogens (tertiary/aromatic N) is 2. The second kappa shape index (κ2) is 8.98. The summed E-state index contributed by atoms with van der Waals surface area (Å²) >= 11 is 0. The number of carbonyl (C=O) groups excluding carboxylic acids is 2. The monoisotopic (exact) mass is 406 g/mol. The zero-order chi connectivity index (χ0) is 21.1. The number of likely N-dealkylation sites (tertiary alicyclic amines) is 1. The van der Waals surface area contributed by atoms with E-state index in [-0.39, 0.29) is 29.7 Å². The molecule has 2 fully saturated rings. The highest BCUT2D eigenvalue weighted by Gasteiger charge is 2.50. The zero-order valence-electron chi connectivity index (χ0n) is 17.7. The largest absolute Gasteiger partial charge is 0.326 e. The van der Waals surface area contributed by atoms with Gasteiger partial charge in [-0.3, -0.25) is 9.59 Å². The number of amides is 2. The second-order valence-electron chi connectivity index (χ2n) is 8.18. The van der Waals surface area contributed by atoms with Crippen molar-refractivity contribution in [3.8, 4) is 0 Å². The molecule has 0 aromatic heterocycles. The van der Waals surface area contributed by atoms with Crippen molar-refractivity contribution in [2.45, 2.75) is 32.7 Å². The van der Waals surface area contributed by atoms with Crippen LogP contribution in [0.25, 0.3) is 0 Å². The van der Waals surface area contributed by atoms with E-state index in [4.69, 9.17) is 0 Å². The van der Waals surface area contributed by atoms with Gasteiger partial charge in [-0.25, -0.2) is 10.4 Å². The van der Waals surface area contributed by atoms with Crippen LogP contribution in [-0.2, 0) is 16.0 Å². The number of anilines is 2. The molecule has 30 heavy (non-hydrogen) atoms. The SMILES string of the molecule is CCCN1CC(C(=O)Nc2ccc(CC)cc2)C2NN(c3ccccc3)C(=O)C2C1. The molecule has 2 N–H and O–H groups in total. The Balaban J connectivity index is 1.55. The third-order valence-electron chi connectivity index (χ3n) is 6.11. The van der Waals surface area contributed by atoms with E-state index < -0.39 is 0 Å². The van der Waals surface area contributed by atoms with Gasteiger partial charge in [-0.05, 0) is 49.2 Å². The minimum absolute atomic E-state index is 0.0368. The molecule has 4 rings (SSSR count). The van der Waals surface area contributed by atoms with E-state index in [9.17, 15) is 9.59 Å². The number of aryl methyl sites for hydroxylation is 1. The first-order valence-corrected chi connectivity index (χ1v) is 10.9. The normalized spacial score (nSPS) is 24.0. The lowest BCUT2D eigenvalue weighted by Crippen LogP contribution is -2.56. The van der Waals surface area contributed by atoms with E-state index in [1.807, 2.05) is 54.6 Å². The molecule has 2 aromatic rings. The van der Waals surface area contributed by atoms with Gasteiger partial charge in [0.25, 0.3) is 0 Å². The molecule has 158 valence electrons. The molecule has 2 saturated heterocycles. The van der Waals surface area contributed by atoms with Gasteiger partial charge in [-0.15, -0.1) is 0 Å². The summed E-state index contributed by atoms with van der Waals surface area (Å²) in [6.45, 7) is 6.46. The van der Waals surface area contributed by atoms with Crippen LogP contribution in [0.15, 0.2) is 54.6 Å². The zero-order valence-corrected chi connectivity index (χ0v) is 17.7. The van der Waals surface area contributed by atoms with Gasteiger partial charge in [0.2, 0.25) is 11.8 Å². The molecule has 2 amide bonds. The number of piperidine rings is 1. The number of benzene rings is 2. The molecule has 2 aliphatic heterocycles. The van der Waals surface area contributed by atoms with Crippen LogP contribution >= 0.6 is 0 Å². The number of fused-ring (bicyclic) bond motifs is 1. The van der Waals surface area contributed by atoms with Crippen molar-refractivity contribution < 1.29 is 9.59 Å². The fraction of sp³-hybridized carbons (Fsp3) is 0.417. The van der Waals surface area contributed by atoms with Gasteiger partial charge in [0.1, 0.15) is 0 Å². The summed E-state index contributed by atoms with van der Waals surface area (Å²) in [7, 11) is 0. The van der Waals surface area contributed by atoms with Crippen molar-refractivity contribution in [2.24, 2.45) is 11.8 Å². The molecule has 6 heteroatoms. The lowest BCUT2D eigenvalue weighted by atomic mass is 9.84. The van der Waals surface area contributed by atoms with E-state index in [1.54, 1.807) is 5.01 Å². The molecule has 3 unspecified atom stereocenters. The Bertz CT molecular complexity index is 884. The van der Waals surface area contributed by atoms with Crippen LogP contribution in [0.1, 0.15) is 25.8 Å². The molecule has 2 aromatic carbocycles. The van der Waals surface area contributed by atoms with E-state index in [0.717, 1.165) is 30.8 Å². The van der Waals surface area contributed by atoms with Crippen LogP contribution < -0.4 is 15.8 Å². The topological polar surface area (TPSA) is 64.7 Å². The summed E-state index contributed by atoms with van der Waals surface area (Å²) in [5, 5.41) is 4.70. The van der Waals surface area contributed by atoms with Crippen molar-refractivity contribution in [2.75, 3.05) is 30.0 Å². The van der Waals surface area contributed by atoms with Crippen LogP contribution in [-0.4, -0.2) is 42.4 Å². The molecule has 3 atom stereocenters. The molecule has 2 heterocycles. The fourth-order valence-electron chi connectivity index (χ4n) is 4.51. The predicted molar refractivity (Wildman–Crippen MR) is 119 cm³/mol. The third kappa shape index (κ3) is 4.11. The summed E-state index contributed by atoms with van der Waals surface area (Å²) in [4.78, 5) is 28.7. The van der Waals surface area contributed by atoms with Crippen LogP contribution in [0.4, 0.5) is 11.4 Å². The maximum absolute atomic E-state index is 13.3. The van der Waals surface area contributed by atoms with Gasteiger partial charge in [0.15, 0.2) is 0 Å². The minimum atomic E-state index is -0.307. The Kier molecular flexibility index (Phi) is 6.16. The first-order chi connectivity index (χ1) is 14.6. The fourth-order valence-corrected chi connectivity index (χ4v) is 4.51. The number of carbonyl (C=O) groups is 2. The Hall–Kier alpha value is -2.70. The maximum Gasteiger partial charge on any atom is 0.247 e. The Morgan fingerprint density at radius 3 is 2.47 bits per heavy atom. The van der Waals surface area contributed by atoms with E-state index >= 15 is 0 Å². The number of rotatable bonds is 6. The number of hydrogen-bond donors (Lipinski definition) is 2. The molecular formula is C24H30N4O2. The van der Waals surface area contributed by atoms with Crippen LogP contribution in [0, 0.1) is 11.8 Å². The summed E-state index contributed by atoms with van der Waals surface area (Å²) in [6.07, 6.45) is 1.96. The Labute approximate surface area is 178 Å². The highest BCUT2D eigenvalue weighted by atomic mass is 16.2. The smallest absolute Gasteiger partial charge is 0.247 e. The first kappa shape index (κ1) is 20.6. The van der Waals surface area contributed by atoms with Gasteiger partial charge in [-0.2, -0.15) is 0 Å². The highest BCUT2D eigenvalue weighted by Crippen LogP contribution is 2.32. The number of hydrogen-bond acceptors (Lipinski definition) is 4. The third-order valence-corrected chi connectivity index (χ3v) is 6.11. The summed E-state index contributed by atoms with van der Waals surface area (Å²) in [6, 6.07) is 17.4. The summed E-state index contributed by atoms with van der Waals surface area (Å²) < 4.78 is 0. The lowest BCUT2D eigenvalue weighted by molar-refractivity contribution is -0.126. The van der Waals surface area contributed by atoms with Crippen molar-refractivity contribution in [3.63, 3.8) is 0 Å². The van der Waals surface area contributed by atoms with Crippen LogP contribution in [0.3, 0.4) is 0 Å². The molecule has 0 bridgehead atoms. The second-order valence-corrected chi connectivity index (χ2v) is 8.18. The van der Waals surface area contributed by atoms with Gasteiger partial charge >= 0.3 is 0 Å². The molecule has 2 aliphatic rings. The van der Waals surface area contributed by atoms with Crippen LogP contribution in [0.2, 0.25) is 0 Å². The predicted octanol–water partition coefficient (Wildman–Crippen LogP) is 3.07. The Morgan fingerprint density at radius 1 is 1.07 bits per heavy atom. The number of hydrazine groups is 1. The number of para-hydroxylation sites is 1. The summed E-state index contributed by atoms with van der Waals surface area (Å²) in [5.41, 5.74) is 6.20. The van der Waals surface area contributed by atoms with Crippen molar-refractivity contribution in [1.82, 2.24) is 10.3 Å². The van der Waals surface area contributed by atoms with Gasteiger partial charge in [-0.1, -0.05) is 44.2 Å². The van der Waals surface area contributed by atoms with E-state index in [1.165, 1.54) is 5.56 Å². The molecule has 0 spiro atoms. The number of nitrogens with one attached hydrogen (secondary N) is 2. The van der Waals surface area contributed by atoms with Crippen molar-refractivity contribution in [3.05, 3.63) is 60.2 Å². The van der Waals surface area contributed by atoms with Crippen molar-refractivity contribution in [1.29, 1.82) is 0 Å². The average molecular weight is 407 g/mol. The molecule has 0 aliphatic carbocycles. The molecular weight excluding hydrogens is 376 g/mol. The molecule has 6 nitrogen and oxygen atoms in total. The molecule has 0 radical (unpaired) electrons. The Morgan fingerprint density at radius 2 is 1.80 bits per heavy atom. The van der Waals surface area contributed by atoms with Gasteiger partial charge < -0.3 is 10.2 Å². The minimum Gasteiger partial charge on any atom is -0.326 e. The molecule has 0 saturated carbocycles. The first-order valence-electron chi connectivity index (χ1n) is 10.9. The van der Waals surface area contributed by atoms with Gasteiger partial charge in [0, 0.05) is 18.8 Å².